The van der Waals surface area contributed by atoms with Crippen LogP contribution in [0.25, 0.3) is 10.4 Å². The minimum atomic E-state index is -0.862. The van der Waals surface area contributed by atoms with E-state index in [-0.39, 0.29) is 5.41 Å². The summed E-state index contributed by atoms with van der Waals surface area (Å²) < 4.78 is 5.54. The number of carbonyl (C=O) groups is 1. The number of aryl methyl sites for hydroxylation is 1. The molecule has 0 spiro atoms. The molecule has 0 unspecified atom stereocenters. The SMILES string of the molecule is COc1ccc(CN(C)N)cc1-c1sc2c(c1C(=O)O)CC(C)(C)CC2. The van der Waals surface area contributed by atoms with Crippen LogP contribution in [-0.2, 0) is 19.4 Å². The van der Waals surface area contributed by atoms with Crippen molar-refractivity contribution in [3.63, 3.8) is 0 Å². The summed E-state index contributed by atoms with van der Waals surface area (Å²) in [5.41, 5.74) is 3.42. The highest BCUT2D eigenvalue weighted by Gasteiger charge is 2.33. The quantitative estimate of drug-likeness (QED) is 0.612. The molecule has 0 aliphatic heterocycles. The van der Waals surface area contributed by atoms with Crippen LogP contribution in [0.1, 0.15) is 46.6 Å². The molecule has 3 N–H and O–H groups in total. The number of aromatic carboxylic acids is 1. The number of rotatable bonds is 5. The Hall–Kier alpha value is -1.89. The first-order valence-electron chi connectivity index (χ1n) is 8.73. The highest BCUT2D eigenvalue weighted by molar-refractivity contribution is 7.16. The molecule has 0 amide bonds. The molecule has 1 aromatic carbocycles. The Morgan fingerprint density at radius 1 is 1.42 bits per heavy atom. The van der Waals surface area contributed by atoms with E-state index < -0.39 is 5.97 Å². The van der Waals surface area contributed by atoms with Gasteiger partial charge in [-0.3, -0.25) is 5.84 Å². The summed E-state index contributed by atoms with van der Waals surface area (Å²) in [6.07, 6.45) is 2.81. The van der Waals surface area contributed by atoms with Crippen molar-refractivity contribution in [1.29, 1.82) is 0 Å². The fourth-order valence-electron chi connectivity index (χ4n) is 3.65. The molecule has 5 nitrogen and oxygen atoms in total. The number of hydrogen-bond donors (Lipinski definition) is 2. The zero-order valence-corrected chi connectivity index (χ0v) is 16.6. The van der Waals surface area contributed by atoms with E-state index >= 15 is 0 Å². The van der Waals surface area contributed by atoms with Gasteiger partial charge in [0.2, 0.25) is 0 Å². The van der Waals surface area contributed by atoms with Gasteiger partial charge in [0.25, 0.3) is 0 Å². The van der Waals surface area contributed by atoms with Gasteiger partial charge in [0.1, 0.15) is 5.75 Å². The molecule has 26 heavy (non-hydrogen) atoms. The van der Waals surface area contributed by atoms with Crippen molar-refractivity contribution in [1.82, 2.24) is 5.01 Å². The van der Waals surface area contributed by atoms with Gasteiger partial charge in [0.05, 0.1) is 17.6 Å². The van der Waals surface area contributed by atoms with E-state index in [9.17, 15) is 9.90 Å². The number of ether oxygens (including phenoxy) is 1. The fourth-order valence-corrected chi connectivity index (χ4v) is 4.98. The Morgan fingerprint density at radius 2 is 2.15 bits per heavy atom. The lowest BCUT2D eigenvalue weighted by molar-refractivity contribution is 0.0696. The Morgan fingerprint density at radius 3 is 2.77 bits per heavy atom. The zero-order chi connectivity index (χ0) is 19.1. The Balaban J connectivity index is 2.18. The molecule has 0 fully saturated rings. The van der Waals surface area contributed by atoms with Crippen LogP contribution in [0.2, 0.25) is 0 Å². The van der Waals surface area contributed by atoms with E-state index in [1.807, 2.05) is 18.2 Å². The number of carboxylic acids is 1. The van der Waals surface area contributed by atoms with Crippen LogP contribution in [0.4, 0.5) is 0 Å². The lowest BCUT2D eigenvalue weighted by Gasteiger charge is -2.29. The van der Waals surface area contributed by atoms with Crippen molar-refractivity contribution in [2.75, 3.05) is 14.2 Å². The fraction of sp³-hybridized carbons (Fsp3) is 0.450. The number of benzene rings is 1. The van der Waals surface area contributed by atoms with Crippen LogP contribution in [0, 0.1) is 5.41 Å². The lowest BCUT2D eigenvalue weighted by Crippen LogP contribution is -2.25. The molecule has 0 bridgehead atoms. The second-order valence-corrected chi connectivity index (χ2v) is 8.91. The number of fused-ring (bicyclic) bond motifs is 1. The molecule has 0 saturated carbocycles. The van der Waals surface area contributed by atoms with Crippen LogP contribution < -0.4 is 10.6 Å². The third kappa shape index (κ3) is 3.63. The summed E-state index contributed by atoms with van der Waals surface area (Å²) in [6.45, 7) is 4.99. The number of hydrazine groups is 1. The van der Waals surface area contributed by atoms with Gasteiger partial charge >= 0.3 is 5.97 Å². The maximum Gasteiger partial charge on any atom is 0.337 e. The highest BCUT2D eigenvalue weighted by Crippen LogP contribution is 2.47. The average Bonchev–Trinajstić information content (AvgIpc) is 2.91. The predicted octanol–water partition coefficient (Wildman–Crippen LogP) is 3.94. The van der Waals surface area contributed by atoms with Gasteiger partial charge in [-0.25, -0.2) is 9.80 Å². The number of hydrogen-bond acceptors (Lipinski definition) is 5. The first-order chi connectivity index (χ1) is 12.2. The zero-order valence-electron chi connectivity index (χ0n) is 15.8. The molecule has 1 aromatic heterocycles. The van der Waals surface area contributed by atoms with E-state index in [0.717, 1.165) is 40.8 Å². The molecule has 6 heteroatoms. The van der Waals surface area contributed by atoms with Crippen molar-refractivity contribution >= 4 is 17.3 Å². The molecular formula is C20H26N2O3S. The van der Waals surface area contributed by atoms with Crippen molar-refractivity contribution in [2.24, 2.45) is 11.3 Å². The Labute approximate surface area is 158 Å². The van der Waals surface area contributed by atoms with E-state index in [1.54, 1.807) is 30.5 Å². The van der Waals surface area contributed by atoms with Gasteiger partial charge in [-0.15, -0.1) is 11.3 Å². The summed E-state index contributed by atoms with van der Waals surface area (Å²) >= 11 is 1.60. The molecule has 1 aliphatic carbocycles. The van der Waals surface area contributed by atoms with Gasteiger partial charge in [-0.2, -0.15) is 0 Å². The molecule has 1 aliphatic rings. The monoisotopic (exact) mass is 374 g/mol. The molecule has 1 heterocycles. The largest absolute Gasteiger partial charge is 0.496 e. The summed E-state index contributed by atoms with van der Waals surface area (Å²) in [5, 5.41) is 11.6. The number of nitrogens with two attached hydrogens (primary N) is 1. The average molecular weight is 375 g/mol. The van der Waals surface area contributed by atoms with E-state index in [4.69, 9.17) is 10.6 Å². The second kappa shape index (κ2) is 7.02. The topological polar surface area (TPSA) is 75.8 Å². The van der Waals surface area contributed by atoms with Crippen LogP contribution in [0.15, 0.2) is 18.2 Å². The maximum atomic E-state index is 12.1. The minimum absolute atomic E-state index is 0.129. The smallest absolute Gasteiger partial charge is 0.337 e. The number of nitrogens with zero attached hydrogens (tertiary/aromatic N) is 1. The first-order valence-corrected chi connectivity index (χ1v) is 9.54. The van der Waals surface area contributed by atoms with Gasteiger partial charge in [-0.05, 0) is 47.9 Å². The predicted molar refractivity (Wildman–Crippen MR) is 105 cm³/mol. The molecular weight excluding hydrogens is 348 g/mol. The number of thiophene rings is 1. The highest BCUT2D eigenvalue weighted by atomic mass is 32.1. The van der Waals surface area contributed by atoms with Crippen LogP contribution in [0.5, 0.6) is 5.75 Å². The minimum Gasteiger partial charge on any atom is -0.496 e. The molecule has 2 aromatic rings. The van der Waals surface area contributed by atoms with Crippen LogP contribution >= 0.6 is 11.3 Å². The molecule has 140 valence electrons. The lowest BCUT2D eigenvalue weighted by atomic mass is 9.76. The summed E-state index contributed by atoms with van der Waals surface area (Å²) in [5.74, 6) is 5.61. The standard InChI is InChI=1S/C20H26N2O3S/c1-20(2)8-7-16-14(10-20)17(19(23)24)18(26-16)13-9-12(11-22(3)21)5-6-15(13)25-4/h5-6,9H,7-8,10-11,21H2,1-4H3,(H,23,24). The van der Waals surface area contributed by atoms with Gasteiger partial charge < -0.3 is 9.84 Å². The molecule has 3 rings (SSSR count). The van der Waals surface area contributed by atoms with Crippen molar-refractivity contribution < 1.29 is 14.6 Å². The number of carboxylic acid groups (broad SMARTS) is 1. The Bertz CT molecular complexity index is 840. The van der Waals surface area contributed by atoms with Crippen molar-refractivity contribution in [3.8, 4) is 16.2 Å². The second-order valence-electron chi connectivity index (χ2n) is 7.80. The van der Waals surface area contributed by atoms with E-state index in [1.165, 1.54) is 4.88 Å². The number of methoxy groups -OCH3 is 1. The van der Waals surface area contributed by atoms with Gasteiger partial charge in [-0.1, -0.05) is 19.9 Å². The van der Waals surface area contributed by atoms with Crippen molar-refractivity contribution in [3.05, 3.63) is 39.8 Å². The summed E-state index contributed by atoms with van der Waals surface area (Å²) in [4.78, 5) is 14.1. The molecule has 0 atom stereocenters. The summed E-state index contributed by atoms with van der Waals surface area (Å²) in [7, 11) is 3.42. The van der Waals surface area contributed by atoms with Crippen LogP contribution in [-0.4, -0.2) is 30.2 Å². The Kier molecular flexibility index (Phi) is 5.10. The van der Waals surface area contributed by atoms with Gasteiger partial charge in [0.15, 0.2) is 0 Å². The van der Waals surface area contributed by atoms with Gasteiger partial charge in [0, 0.05) is 24.0 Å². The maximum absolute atomic E-state index is 12.1. The summed E-state index contributed by atoms with van der Waals surface area (Å²) in [6, 6.07) is 5.85. The van der Waals surface area contributed by atoms with E-state index in [0.29, 0.717) is 17.9 Å². The van der Waals surface area contributed by atoms with Crippen molar-refractivity contribution in [2.45, 2.75) is 39.7 Å². The third-order valence-corrected chi connectivity index (χ3v) is 6.25. The molecule has 0 saturated heterocycles. The normalized spacial score (nSPS) is 15.8. The van der Waals surface area contributed by atoms with E-state index in [2.05, 4.69) is 13.8 Å². The first kappa shape index (κ1) is 18.9. The van der Waals surface area contributed by atoms with Crippen LogP contribution in [0.3, 0.4) is 0 Å². The third-order valence-electron chi connectivity index (χ3n) is 4.93. The molecule has 0 radical (unpaired) electrons.